The molecule has 0 aliphatic heterocycles. The van der Waals surface area contributed by atoms with Crippen LogP contribution in [0.3, 0.4) is 0 Å². The van der Waals surface area contributed by atoms with E-state index in [0.29, 0.717) is 18.2 Å². The van der Waals surface area contributed by atoms with Gasteiger partial charge in [0.05, 0.1) is 11.9 Å². The van der Waals surface area contributed by atoms with Gasteiger partial charge in [-0.3, -0.25) is 9.48 Å². The summed E-state index contributed by atoms with van der Waals surface area (Å²) in [5, 5.41) is 13.3. The lowest BCUT2D eigenvalue weighted by atomic mass is 10.2. The molecule has 0 saturated carbocycles. The maximum absolute atomic E-state index is 11.5. The molecule has 2 heterocycles. The van der Waals surface area contributed by atoms with E-state index < -0.39 is 0 Å². The molecule has 0 spiro atoms. The van der Waals surface area contributed by atoms with Crippen molar-refractivity contribution in [1.29, 1.82) is 0 Å². The summed E-state index contributed by atoms with van der Waals surface area (Å²) in [7, 11) is 1.86. The number of nitrogens with zero attached hydrogens (tertiary/aromatic N) is 4. The molecule has 3 rings (SSSR count). The summed E-state index contributed by atoms with van der Waals surface area (Å²) in [4.78, 5) is 20.0. The Labute approximate surface area is 157 Å². The molecule has 0 fully saturated rings. The number of amides is 1. The van der Waals surface area contributed by atoms with E-state index in [2.05, 4.69) is 31.0 Å². The summed E-state index contributed by atoms with van der Waals surface area (Å²) in [6, 6.07) is 9.47. The van der Waals surface area contributed by atoms with Gasteiger partial charge in [-0.25, -0.2) is 9.97 Å². The van der Waals surface area contributed by atoms with Gasteiger partial charge in [0, 0.05) is 31.5 Å². The maximum atomic E-state index is 11.5. The zero-order valence-electron chi connectivity index (χ0n) is 15.2. The minimum atomic E-state index is -0.141. The molecule has 0 unspecified atom stereocenters. The number of hydrogen-bond donors (Lipinski definition) is 3. The molecule has 0 radical (unpaired) electrons. The Kier molecular flexibility index (Phi) is 5.78. The minimum Gasteiger partial charge on any atom is -0.366 e. The molecule has 0 aliphatic carbocycles. The van der Waals surface area contributed by atoms with Crippen LogP contribution in [0.5, 0.6) is 0 Å². The van der Waals surface area contributed by atoms with Gasteiger partial charge in [0.25, 0.3) is 0 Å². The molecule has 3 aromatic rings. The zero-order chi connectivity index (χ0) is 19.1. The van der Waals surface area contributed by atoms with Crippen LogP contribution in [0.2, 0.25) is 0 Å². The van der Waals surface area contributed by atoms with Crippen LogP contribution < -0.4 is 16.0 Å². The quantitative estimate of drug-likeness (QED) is 0.558. The van der Waals surface area contributed by atoms with Crippen molar-refractivity contribution in [1.82, 2.24) is 19.7 Å². The van der Waals surface area contributed by atoms with Crippen molar-refractivity contribution in [3.05, 3.63) is 66.8 Å². The average Bonchev–Trinajstić information content (AvgIpc) is 3.06. The van der Waals surface area contributed by atoms with Crippen molar-refractivity contribution >= 4 is 28.9 Å². The van der Waals surface area contributed by atoms with E-state index in [4.69, 9.17) is 0 Å². The molecule has 8 heteroatoms. The van der Waals surface area contributed by atoms with Crippen molar-refractivity contribution in [3.63, 3.8) is 0 Å². The van der Waals surface area contributed by atoms with E-state index in [1.165, 1.54) is 12.4 Å². The number of benzene rings is 1. The molecule has 3 N–H and O–H groups in total. The lowest BCUT2D eigenvalue weighted by Gasteiger charge is -2.08. The van der Waals surface area contributed by atoms with Crippen LogP contribution in [0.25, 0.3) is 0 Å². The van der Waals surface area contributed by atoms with Crippen molar-refractivity contribution in [2.75, 3.05) is 16.0 Å². The van der Waals surface area contributed by atoms with Crippen LogP contribution >= 0.6 is 0 Å². The smallest absolute Gasteiger partial charge is 0.248 e. The van der Waals surface area contributed by atoms with Crippen molar-refractivity contribution in [3.8, 4) is 0 Å². The second kappa shape index (κ2) is 8.61. The minimum absolute atomic E-state index is 0.141. The highest BCUT2D eigenvalue weighted by Crippen LogP contribution is 2.16. The predicted molar refractivity (Wildman–Crippen MR) is 106 cm³/mol. The molecule has 138 valence electrons. The standard InChI is InChI=1S/C19H21N7O/c1-3-4-19(27)25-15-7-5-14(6-8-15)10-20-17-9-18(22-13-21-17)24-16-11-23-26(2)12-16/h3-9,11-13H,10H2,1-2H3,(H,25,27)(H2,20,21,22,24)/b4-3+. The van der Waals surface area contributed by atoms with Crippen LogP contribution in [0.4, 0.5) is 23.0 Å². The van der Waals surface area contributed by atoms with Gasteiger partial charge in [0.1, 0.15) is 18.0 Å². The normalized spacial score (nSPS) is 10.7. The van der Waals surface area contributed by atoms with Crippen LogP contribution in [0.15, 0.2) is 61.2 Å². The zero-order valence-corrected chi connectivity index (χ0v) is 15.2. The first kappa shape index (κ1) is 18.1. The molecule has 1 amide bonds. The van der Waals surface area contributed by atoms with Crippen molar-refractivity contribution < 1.29 is 4.79 Å². The Hall–Kier alpha value is -3.68. The van der Waals surface area contributed by atoms with Gasteiger partial charge in [-0.15, -0.1) is 0 Å². The molecule has 0 aliphatic rings. The van der Waals surface area contributed by atoms with E-state index in [-0.39, 0.29) is 5.91 Å². The third-order valence-electron chi connectivity index (χ3n) is 3.66. The number of carbonyl (C=O) groups is 1. The van der Waals surface area contributed by atoms with Gasteiger partial charge < -0.3 is 16.0 Å². The molecule has 0 bridgehead atoms. The van der Waals surface area contributed by atoms with E-state index in [9.17, 15) is 4.79 Å². The SMILES string of the molecule is C/C=C/C(=O)Nc1ccc(CNc2cc(Nc3cnn(C)c3)ncn2)cc1. The maximum Gasteiger partial charge on any atom is 0.248 e. The molecular formula is C19H21N7O. The molecule has 0 atom stereocenters. The number of aryl methyl sites for hydroxylation is 1. The summed E-state index contributed by atoms with van der Waals surface area (Å²) >= 11 is 0. The third-order valence-corrected chi connectivity index (χ3v) is 3.66. The van der Waals surface area contributed by atoms with Gasteiger partial charge in [0.2, 0.25) is 5.91 Å². The molecular weight excluding hydrogens is 342 g/mol. The largest absolute Gasteiger partial charge is 0.366 e. The van der Waals surface area contributed by atoms with E-state index in [1.807, 2.05) is 43.6 Å². The Morgan fingerprint density at radius 3 is 2.63 bits per heavy atom. The highest BCUT2D eigenvalue weighted by molar-refractivity contribution is 5.99. The number of carbonyl (C=O) groups excluding carboxylic acids is 1. The Morgan fingerprint density at radius 2 is 1.93 bits per heavy atom. The lowest BCUT2D eigenvalue weighted by molar-refractivity contribution is -0.111. The average molecular weight is 363 g/mol. The van der Waals surface area contributed by atoms with Crippen LogP contribution in [0.1, 0.15) is 12.5 Å². The summed E-state index contributed by atoms with van der Waals surface area (Å²) in [5.74, 6) is 1.25. The van der Waals surface area contributed by atoms with E-state index in [0.717, 1.165) is 16.9 Å². The van der Waals surface area contributed by atoms with E-state index in [1.54, 1.807) is 23.9 Å². The van der Waals surface area contributed by atoms with Gasteiger partial charge >= 0.3 is 0 Å². The number of aromatic nitrogens is 4. The van der Waals surface area contributed by atoms with E-state index >= 15 is 0 Å². The Bertz CT molecular complexity index is 931. The number of nitrogens with one attached hydrogen (secondary N) is 3. The number of rotatable bonds is 7. The van der Waals surface area contributed by atoms with Crippen molar-refractivity contribution in [2.24, 2.45) is 7.05 Å². The fourth-order valence-corrected chi connectivity index (χ4v) is 2.39. The molecule has 8 nitrogen and oxygen atoms in total. The lowest BCUT2D eigenvalue weighted by Crippen LogP contribution is -2.08. The first-order valence-electron chi connectivity index (χ1n) is 8.46. The van der Waals surface area contributed by atoms with Crippen LogP contribution in [0, 0.1) is 0 Å². The number of hydrogen-bond acceptors (Lipinski definition) is 6. The summed E-state index contributed by atoms with van der Waals surface area (Å²) < 4.78 is 1.72. The second-order valence-corrected chi connectivity index (χ2v) is 5.86. The first-order valence-corrected chi connectivity index (χ1v) is 8.46. The van der Waals surface area contributed by atoms with Gasteiger partial charge in [-0.2, -0.15) is 5.10 Å². The topological polar surface area (TPSA) is 96.8 Å². The third kappa shape index (κ3) is 5.40. The Morgan fingerprint density at radius 1 is 1.15 bits per heavy atom. The Balaban J connectivity index is 1.56. The fourth-order valence-electron chi connectivity index (χ4n) is 2.39. The molecule has 2 aromatic heterocycles. The molecule has 0 saturated heterocycles. The van der Waals surface area contributed by atoms with Crippen LogP contribution in [-0.4, -0.2) is 25.7 Å². The highest BCUT2D eigenvalue weighted by Gasteiger charge is 2.02. The van der Waals surface area contributed by atoms with Crippen molar-refractivity contribution in [2.45, 2.75) is 13.5 Å². The highest BCUT2D eigenvalue weighted by atomic mass is 16.1. The van der Waals surface area contributed by atoms with Gasteiger partial charge in [-0.1, -0.05) is 18.2 Å². The van der Waals surface area contributed by atoms with Crippen LogP contribution in [-0.2, 0) is 18.4 Å². The second-order valence-electron chi connectivity index (χ2n) is 5.86. The monoisotopic (exact) mass is 363 g/mol. The molecule has 27 heavy (non-hydrogen) atoms. The van der Waals surface area contributed by atoms with Gasteiger partial charge in [-0.05, 0) is 30.7 Å². The summed E-state index contributed by atoms with van der Waals surface area (Å²) in [6.45, 7) is 2.41. The van der Waals surface area contributed by atoms with Gasteiger partial charge in [0.15, 0.2) is 0 Å². The number of allylic oxidation sites excluding steroid dienone is 1. The summed E-state index contributed by atoms with van der Waals surface area (Å²) in [5.41, 5.74) is 2.68. The summed E-state index contributed by atoms with van der Waals surface area (Å²) in [6.07, 6.45) is 8.28. The fraction of sp³-hybridized carbons (Fsp3) is 0.158. The number of anilines is 4. The predicted octanol–water partition coefficient (Wildman–Crippen LogP) is 3.08. The first-order chi connectivity index (χ1) is 13.1. The molecule has 1 aromatic carbocycles.